The second-order valence-electron chi connectivity index (χ2n) is 4.87. The highest BCUT2D eigenvalue weighted by molar-refractivity contribution is 7.18. The maximum absolute atomic E-state index is 12.2. The van der Waals surface area contributed by atoms with Crippen LogP contribution in [0, 0.1) is 0 Å². The fraction of sp³-hybridized carbons (Fsp3) is 0.692. The minimum atomic E-state index is -0.162. The molecule has 0 aromatic carbocycles. The molecule has 1 heterocycles. The van der Waals surface area contributed by atoms with E-state index in [0.717, 1.165) is 12.8 Å². The zero-order valence-electron chi connectivity index (χ0n) is 12.3. The summed E-state index contributed by atoms with van der Waals surface area (Å²) in [6, 6.07) is 0.167. The molecular formula is C13H22N4O3S. The number of nitrogens with zero attached hydrogens (tertiary/aromatic N) is 1. The molecule has 0 aliphatic heterocycles. The average molecular weight is 314 g/mol. The van der Waals surface area contributed by atoms with Crippen LogP contribution in [0.5, 0.6) is 0 Å². The van der Waals surface area contributed by atoms with Crippen molar-refractivity contribution in [1.29, 1.82) is 0 Å². The first-order valence-corrected chi connectivity index (χ1v) is 7.87. The van der Waals surface area contributed by atoms with Gasteiger partial charge in [-0.05, 0) is 19.8 Å². The van der Waals surface area contributed by atoms with E-state index in [9.17, 15) is 4.79 Å². The minimum Gasteiger partial charge on any atom is -0.383 e. The van der Waals surface area contributed by atoms with Crippen molar-refractivity contribution < 1.29 is 14.3 Å². The van der Waals surface area contributed by atoms with Gasteiger partial charge >= 0.3 is 0 Å². The van der Waals surface area contributed by atoms with E-state index in [2.05, 4.69) is 15.6 Å². The summed E-state index contributed by atoms with van der Waals surface area (Å²) in [6.07, 6.45) is 1.99. The minimum absolute atomic E-state index is 0.162. The molecule has 0 radical (unpaired) electrons. The molecule has 1 aromatic heterocycles. The Balaban J connectivity index is 1.82. The van der Waals surface area contributed by atoms with E-state index >= 15 is 0 Å². The SMILES string of the molecule is CCOC1CC(NC(=O)c2sc(NCCOC)nc2N)C1. The highest BCUT2D eigenvalue weighted by Crippen LogP contribution is 2.27. The summed E-state index contributed by atoms with van der Waals surface area (Å²) in [5.74, 6) is 0.0999. The largest absolute Gasteiger partial charge is 0.383 e. The number of hydrogen-bond acceptors (Lipinski definition) is 7. The molecule has 2 rings (SSSR count). The molecule has 118 valence electrons. The van der Waals surface area contributed by atoms with Gasteiger partial charge in [0.15, 0.2) is 5.13 Å². The quantitative estimate of drug-likeness (QED) is 0.621. The Bertz CT molecular complexity index is 474. The molecule has 1 fully saturated rings. The van der Waals surface area contributed by atoms with E-state index in [4.69, 9.17) is 15.2 Å². The van der Waals surface area contributed by atoms with Crippen molar-refractivity contribution in [3.63, 3.8) is 0 Å². The topological polar surface area (TPSA) is 98.5 Å². The van der Waals surface area contributed by atoms with Crippen molar-refractivity contribution in [2.24, 2.45) is 0 Å². The smallest absolute Gasteiger partial charge is 0.265 e. The third kappa shape index (κ3) is 4.29. The summed E-state index contributed by atoms with van der Waals surface area (Å²) in [5.41, 5.74) is 5.80. The molecule has 21 heavy (non-hydrogen) atoms. The predicted molar refractivity (Wildman–Crippen MR) is 82.8 cm³/mol. The lowest BCUT2D eigenvalue weighted by molar-refractivity contribution is -0.00858. The van der Waals surface area contributed by atoms with Gasteiger partial charge in [0.05, 0.1) is 12.7 Å². The molecule has 4 N–H and O–H groups in total. The van der Waals surface area contributed by atoms with E-state index < -0.39 is 0 Å². The Morgan fingerprint density at radius 2 is 2.29 bits per heavy atom. The summed E-state index contributed by atoms with van der Waals surface area (Å²) in [7, 11) is 1.63. The Morgan fingerprint density at radius 1 is 1.52 bits per heavy atom. The molecule has 1 saturated carbocycles. The number of rotatable bonds is 8. The molecule has 7 nitrogen and oxygen atoms in total. The van der Waals surface area contributed by atoms with Crippen LogP contribution in [-0.2, 0) is 9.47 Å². The van der Waals surface area contributed by atoms with Gasteiger partial charge in [-0.15, -0.1) is 0 Å². The fourth-order valence-electron chi connectivity index (χ4n) is 2.14. The van der Waals surface area contributed by atoms with Crippen LogP contribution in [0.4, 0.5) is 10.9 Å². The van der Waals surface area contributed by atoms with Crippen LogP contribution in [-0.4, -0.2) is 49.9 Å². The van der Waals surface area contributed by atoms with Crippen molar-refractivity contribution in [1.82, 2.24) is 10.3 Å². The number of ether oxygens (including phenoxy) is 2. The van der Waals surface area contributed by atoms with Gasteiger partial charge in [-0.2, -0.15) is 0 Å². The van der Waals surface area contributed by atoms with Gasteiger partial charge in [0, 0.05) is 26.3 Å². The first-order chi connectivity index (χ1) is 10.1. The van der Waals surface area contributed by atoms with Crippen molar-refractivity contribution in [3.8, 4) is 0 Å². The first-order valence-electron chi connectivity index (χ1n) is 7.05. The number of nitrogens with one attached hydrogen (secondary N) is 2. The van der Waals surface area contributed by atoms with Gasteiger partial charge in [-0.25, -0.2) is 4.98 Å². The van der Waals surface area contributed by atoms with Gasteiger partial charge in [-0.1, -0.05) is 11.3 Å². The van der Waals surface area contributed by atoms with Crippen molar-refractivity contribution in [3.05, 3.63) is 4.88 Å². The number of aromatic nitrogens is 1. The van der Waals surface area contributed by atoms with Gasteiger partial charge in [0.25, 0.3) is 5.91 Å². The molecule has 0 unspecified atom stereocenters. The van der Waals surface area contributed by atoms with Crippen molar-refractivity contribution >= 4 is 28.2 Å². The number of nitrogen functional groups attached to an aromatic ring is 1. The maximum Gasteiger partial charge on any atom is 0.265 e. The molecule has 1 aromatic rings. The van der Waals surface area contributed by atoms with E-state index in [-0.39, 0.29) is 23.9 Å². The number of anilines is 2. The van der Waals surface area contributed by atoms with Gasteiger partial charge in [0.2, 0.25) is 0 Å². The average Bonchev–Trinajstić information content (AvgIpc) is 2.78. The molecule has 8 heteroatoms. The van der Waals surface area contributed by atoms with Crippen LogP contribution in [0.2, 0.25) is 0 Å². The molecular weight excluding hydrogens is 292 g/mol. The number of thiazole rings is 1. The fourth-order valence-corrected chi connectivity index (χ4v) is 2.95. The van der Waals surface area contributed by atoms with Crippen LogP contribution in [0.3, 0.4) is 0 Å². The maximum atomic E-state index is 12.2. The van der Waals surface area contributed by atoms with Crippen molar-refractivity contribution in [2.45, 2.75) is 31.9 Å². The highest BCUT2D eigenvalue weighted by atomic mass is 32.1. The van der Waals surface area contributed by atoms with Gasteiger partial charge in [0.1, 0.15) is 10.7 Å². The van der Waals surface area contributed by atoms with E-state index in [1.54, 1.807) is 7.11 Å². The molecule has 1 aliphatic carbocycles. The third-order valence-corrected chi connectivity index (χ3v) is 4.30. The standard InChI is InChI=1S/C13H22N4O3S/c1-3-20-9-6-8(7-9)16-12(18)10-11(14)17-13(21-10)15-4-5-19-2/h8-9H,3-7,14H2,1-2H3,(H,15,17)(H,16,18). The molecule has 0 saturated heterocycles. The number of hydrogen-bond donors (Lipinski definition) is 3. The van der Waals surface area contributed by atoms with Gasteiger partial charge < -0.3 is 25.8 Å². The predicted octanol–water partition coefficient (Wildman–Crippen LogP) is 1.08. The highest BCUT2D eigenvalue weighted by Gasteiger charge is 2.31. The number of amides is 1. The molecule has 1 aliphatic rings. The summed E-state index contributed by atoms with van der Waals surface area (Å²) in [6.45, 7) is 3.89. The Morgan fingerprint density at radius 3 is 2.95 bits per heavy atom. The molecule has 0 atom stereocenters. The zero-order chi connectivity index (χ0) is 15.2. The van der Waals surface area contributed by atoms with Crippen LogP contribution in [0.1, 0.15) is 29.4 Å². The van der Waals surface area contributed by atoms with Crippen LogP contribution >= 0.6 is 11.3 Å². The van der Waals surface area contributed by atoms with Crippen LogP contribution < -0.4 is 16.4 Å². The molecule has 0 spiro atoms. The van der Waals surface area contributed by atoms with E-state index in [1.165, 1.54) is 11.3 Å². The van der Waals surface area contributed by atoms with Crippen molar-refractivity contribution in [2.75, 3.05) is 37.9 Å². The monoisotopic (exact) mass is 314 g/mol. The number of nitrogens with two attached hydrogens (primary N) is 1. The number of carbonyl (C=O) groups is 1. The van der Waals surface area contributed by atoms with Crippen LogP contribution in [0.15, 0.2) is 0 Å². The molecule has 1 amide bonds. The second kappa shape index (κ2) is 7.58. The Hall–Kier alpha value is -1.38. The lowest BCUT2D eigenvalue weighted by Gasteiger charge is -2.35. The lowest BCUT2D eigenvalue weighted by Crippen LogP contribution is -2.47. The number of carbonyl (C=O) groups excluding carboxylic acids is 1. The molecule has 0 bridgehead atoms. The second-order valence-corrected chi connectivity index (χ2v) is 5.87. The third-order valence-electron chi connectivity index (χ3n) is 3.27. The van der Waals surface area contributed by atoms with Gasteiger partial charge in [-0.3, -0.25) is 4.79 Å². The lowest BCUT2D eigenvalue weighted by atomic mass is 9.89. The Kier molecular flexibility index (Phi) is 5.77. The Labute approximate surface area is 128 Å². The summed E-state index contributed by atoms with van der Waals surface area (Å²) >= 11 is 1.26. The zero-order valence-corrected chi connectivity index (χ0v) is 13.2. The number of methoxy groups -OCH3 is 1. The first kappa shape index (κ1) is 16.0. The van der Waals surface area contributed by atoms with E-state index in [1.807, 2.05) is 6.92 Å². The summed E-state index contributed by atoms with van der Waals surface area (Å²) in [4.78, 5) is 16.8. The van der Waals surface area contributed by atoms with E-state index in [0.29, 0.717) is 29.8 Å². The van der Waals surface area contributed by atoms with Crippen LogP contribution in [0.25, 0.3) is 0 Å². The summed E-state index contributed by atoms with van der Waals surface area (Å²) < 4.78 is 10.4. The normalized spacial score (nSPS) is 20.9. The summed E-state index contributed by atoms with van der Waals surface area (Å²) in [5, 5.41) is 6.67.